The molecule has 1 heterocycles. The smallest absolute Gasteiger partial charge is 0.0934 e. The first-order valence-electron chi connectivity index (χ1n) is 3.47. The summed E-state index contributed by atoms with van der Waals surface area (Å²) >= 11 is 1.92. The summed E-state index contributed by atoms with van der Waals surface area (Å²) in [5.41, 5.74) is 0. The molecule has 1 rings (SSSR count). The van der Waals surface area contributed by atoms with E-state index in [1.54, 1.807) is 0 Å². The summed E-state index contributed by atoms with van der Waals surface area (Å²) in [4.78, 5) is 0. The van der Waals surface area contributed by atoms with Crippen LogP contribution in [-0.2, 0) is 0 Å². The number of rotatable bonds is 3. The normalized spacial score (nSPS) is 33.0. The van der Waals surface area contributed by atoms with E-state index in [9.17, 15) is 0 Å². The quantitative estimate of drug-likeness (QED) is 0.477. The van der Waals surface area contributed by atoms with Crippen LogP contribution in [0.3, 0.4) is 0 Å². The van der Waals surface area contributed by atoms with Crippen LogP contribution in [0.4, 0.5) is 0 Å². The molecule has 0 radical (unpaired) electrons. The molecule has 0 amide bonds. The van der Waals surface area contributed by atoms with E-state index in [0.717, 1.165) is 11.5 Å². The predicted octanol–water partition coefficient (Wildman–Crippen LogP) is -0.771. The van der Waals surface area contributed by atoms with Gasteiger partial charge in [0.05, 0.1) is 6.73 Å². The van der Waals surface area contributed by atoms with Crippen LogP contribution >= 0.6 is 11.8 Å². The molecule has 0 spiro atoms. The Bertz CT molecular complexity index is 102. The van der Waals surface area contributed by atoms with Crippen LogP contribution in [0, 0.1) is 0 Å². The third kappa shape index (κ3) is 1.85. The maximum atomic E-state index is 8.59. The number of hydrogen-bond acceptors (Lipinski definition) is 4. The number of hydrogen-bond donors (Lipinski definition) is 3. The first-order valence-corrected chi connectivity index (χ1v) is 4.63. The zero-order chi connectivity index (χ0) is 7.40. The highest BCUT2D eigenvalue weighted by molar-refractivity contribution is 7.99. The fourth-order valence-corrected chi connectivity index (χ4v) is 2.55. The topological polar surface area (TPSA) is 44.3 Å². The number of nitrogens with one attached hydrogen (secondary N) is 2. The molecular formula is C6H14N2OS. The third-order valence-electron chi connectivity index (χ3n) is 1.80. The lowest BCUT2D eigenvalue weighted by Crippen LogP contribution is -2.45. The van der Waals surface area contributed by atoms with Gasteiger partial charge in [-0.3, -0.25) is 5.32 Å². The number of aliphatic hydroxyl groups is 1. The van der Waals surface area contributed by atoms with Gasteiger partial charge in [0.15, 0.2) is 0 Å². The molecule has 0 aromatic heterocycles. The SMILES string of the molecule is CN[C@H]1CSC[C@H]1NCO. The Morgan fingerprint density at radius 2 is 2.20 bits per heavy atom. The van der Waals surface area contributed by atoms with Gasteiger partial charge in [-0.05, 0) is 7.05 Å². The van der Waals surface area contributed by atoms with Crippen molar-refractivity contribution in [3.05, 3.63) is 0 Å². The van der Waals surface area contributed by atoms with E-state index >= 15 is 0 Å². The molecule has 2 atom stereocenters. The molecule has 10 heavy (non-hydrogen) atoms. The van der Waals surface area contributed by atoms with E-state index in [-0.39, 0.29) is 6.73 Å². The average molecular weight is 162 g/mol. The van der Waals surface area contributed by atoms with Crippen molar-refractivity contribution in [3.8, 4) is 0 Å². The molecule has 3 N–H and O–H groups in total. The molecule has 3 nitrogen and oxygen atoms in total. The molecule has 0 unspecified atom stereocenters. The van der Waals surface area contributed by atoms with Crippen LogP contribution in [0.5, 0.6) is 0 Å². The van der Waals surface area contributed by atoms with Crippen LogP contribution in [-0.4, -0.2) is 42.5 Å². The molecule has 0 aliphatic carbocycles. The first-order chi connectivity index (χ1) is 4.88. The minimum atomic E-state index is 0.0867. The molecule has 1 aliphatic heterocycles. The summed E-state index contributed by atoms with van der Waals surface area (Å²) in [6, 6.07) is 0.970. The highest BCUT2D eigenvalue weighted by Gasteiger charge is 2.25. The summed E-state index contributed by atoms with van der Waals surface area (Å²) in [6.07, 6.45) is 0. The molecule has 1 aliphatic rings. The van der Waals surface area contributed by atoms with Gasteiger partial charge in [0.25, 0.3) is 0 Å². The molecule has 4 heteroatoms. The van der Waals surface area contributed by atoms with Crippen molar-refractivity contribution >= 4 is 11.8 Å². The van der Waals surface area contributed by atoms with E-state index in [4.69, 9.17) is 5.11 Å². The molecule has 1 fully saturated rings. The lowest BCUT2D eigenvalue weighted by atomic mass is 10.2. The van der Waals surface area contributed by atoms with Gasteiger partial charge in [0.2, 0.25) is 0 Å². The first kappa shape index (κ1) is 8.33. The molecule has 0 aromatic rings. The fraction of sp³-hybridized carbons (Fsp3) is 1.00. The lowest BCUT2D eigenvalue weighted by molar-refractivity contribution is 0.237. The Morgan fingerprint density at radius 3 is 2.80 bits per heavy atom. The summed E-state index contributed by atoms with van der Waals surface area (Å²) in [6.45, 7) is 0.0867. The second kappa shape index (κ2) is 4.18. The molecule has 0 saturated carbocycles. The fourth-order valence-electron chi connectivity index (χ4n) is 1.16. The maximum Gasteiger partial charge on any atom is 0.0934 e. The largest absolute Gasteiger partial charge is 0.381 e. The number of thioether (sulfide) groups is 1. The summed E-state index contributed by atoms with van der Waals surface area (Å²) in [5, 5.41) is 14.8. The van der Waals surface area contributed by atoms with Crippen LogP contribution < -0.4 is 10.6 Å². The van der Waals surface area contributed by atoms with Crippen molar-refractivity contribution in [3.63, 3.8) is 0 Å². The van der Waals surface area contributed by atoms with Gasteiger partial charge in [0.1, 0.15) is 0 Å². The monoisotopic (exact) mass is 162 g/mol. The Labute approximate surface area is 65.6 Å². The third-order valence-corrected chi connectivity index (χ3v) is 2.99. The lowest BCUT2D eigenvalue weighted by Gasteiger charge is -2.17. The van der Waals surface area contributed by atoms with Gasteiger partial charge in [-0.15, -0.1) is 0 Å². The Kier molecular flexibility index (Phi) is 3.48. The predicted molar refractivity (Wildman–Crippen MR) is 44.2 cm³/mol. The Morgan fingerprint density at radius 1 is 1.50 bits per heavy atom. The van der Waals surface area contributed by atoms with Crippen molar-refractivity contribution < 1.29 is 5.11 Å². The maximum absolute atomic E-state index is 8.59. The Hall–Kier alpha value is 0.230. The van der Waals surface area contributed by atoms with Gasteiger partial charge < -0.3 is 10.4 Å². The standard InChI is InChI=1S/C6H14N2OS/c1-7-5-2-10-3-6(5)8-4-9/h5-9H,2-4H2,1H3/t5-,6+/m0/s1. The average Bonchev–Trinajstić information content (AvgIpc) is 2.36. The van der Waals surface area contributed by atoms with Crippen LogP contribution in [0.2, 0.25) is 0 Å². The van der Waals surface area contributed by atoms with Gasteiger partial charge in [-0.2, -0.15) is 11.8 Å². The van der Waals surface area contributed by atoms with E-state index < -0.39 is 0 Å². The highest BCUT2D eigenvalue weighted by Crippen LogP contribution is 2.17. The second-order valence-corrected chi connectivity index (χ2v) is 3.48. The Balaban J connectivity index is 2.27. The van der Waals surface area contributed by atoms with Gasteiger partial charge in [-0.1, -0.05) is 0 Å². The molecule has 1 saturated heterocycles. The van der Waals surface area contributed by atoms with E-state index in [1.807, 2.05) is 18.8 Å². The number of likely N-dealkylation sites (N-methyl/N-ethyl adjacent to an activating group) is 1. The minimum Gasteiger partial charge on any atom is -0.381 e. The summed E-state index contributed by atoms with van der Waals surface area (Å²) in [7, 11) is 1.96. The van der Waals surface area contributed by atoms with Crippen molar-refractivity contribution in [1.29, 1.82) is 0 Å². The molecule has 0 bridgehead atoms. The van der Waals surface area contributed by atoms with E-state index in [0.29, 0.717) is 12.1 Å². The summed E-state index contributed by atoms with van der Waals surface area (Å²) < 4.78 is 0. The zero-order valence-electron chi connectivity index (χ0n) is 6.13. The molecule has 60 valence electrons. The number of aliphatic hydroxyl groups excluding tert-OH is 1. The molecule has 0 aromatic carbocycles. The second-order valence-electron chi connectivity index (χ2n) is 2.40. The molecular weight excluding hydrogens is 148 g/mol. The van der Waals surface area contributed by atoms with Crippen molar-refractivity contribution in [1.82, 2.24) is 10.6 Å². The van der Waals surface area contributed by atoms with Crippen molar-refractivity contribution in [2.75, 3.05) is 25.3 Å². The zero-order valence-corrected chi connectivity index (χ0v) is 6.95. The van der Waals surface area contributed by atoms with Gasteiger partial charge in [0, 0.05) is 23.6 Å². The van der Waals surface area contributed by atoms with Crippen LogP contribution in [0.1, 0.15) is 0 Å². The van der Waals surface area contributed by atoms with Gasteiger partial charge in [-0.25, -0.2) is 0 Å². The van der Waals surface area contributed by atoms with Crippen molar-refractivity contribution in [2.24, 2.45) is 0 Å². The van der Waals surface area contributed by atoms with Crippen molar-refractivity contribution in [2.45, 2.75) is 12.1 Å². The summed E-state index contributed by atoms with van der Waals surface area (Å²) in [5.74, 6) is 2.25. The van der Waals surface area contributed by atoms with Gasteiger partial charge >= 0.3 is 0 Å². The van der Waals surface area contributed by atoms with Crippen LogP contribution in [0.15, 0.2) is 0 Å². The van der Waals surface area contributed by atoms with E-state index in [2.05, 4.69) is 10.6 Å². The van der Waals surface area contributed by atoms with Crippen LogP contribution in [0.25, 0.3) is 0 Å². The van der Waals surface area contributed by atoms with E-state index in [1.165, 1.54) is 0 Å². The highest BCUT2D eigenvalue weighted by atomic mass is 32.2. The minimum absolute atomic E-state index is 0.0867.